The molecule has 2 fully saturated rings. The van der Waals surface area contributed by atoms with Crippen LogP contribution < -0.4 is 5.32 Å². The third kappa shape index (κ3) is 3.81. The number of halogens is 2. The molecule has 0 spiro atoms. The van der Waals surface area contributed by atoms with Crippen molar-refractivity contribution in [2.45, 2.75) is 57.5 Å². The third-order valence-corrected chi connectivity index (χ3v) is 6.79. The van der Waals surface area contributed by atoms with Crippen LogP contribution in [0.5, 0.6) is 0 Å². The first kappa shape index (κ1) is 22.0. The van der Waals surface area contributed by atoms with E-state index >= 15 is 0 Å². The molecule has 0 bridgehead atoms. The zero-order valence-corrected chi connectivity index (χ0v) is 19.3. The number of hydrogen-bond acceptors (Lipinski definition) is 6. The van der Waals surface area contributed by atoms with Crippen molar-refractivity contribution in [3.8, 4) is 11.1 Å². The molecule has 0 saturated heterocycles. The monoisotopic (exact) mass is 478 g/mol. The van der Waals surface area contributed by atoms with Crippen LogP contribution >= 0.6 is 0 Å². The molecule has 4 aromatic rings. The summed E-state index contributed by atoms with van der Waals surface area (Å²) in [6.45, 7) is 3.87. The fourth-order valence-electron chi connectivity index (χ4n) is 4.38. The number of anilines is 1. The molecule has 2 aliphatic rings. The molecule has 1 amide bonds. The second-order valence-electron chi connectivity index (χ2n) is 9.52. The van der Waals surface area contributed by atoms with Gasteiger partial charge in [-0.15, -0.1) is 0 Å². The third-order valence-electron chi connectivity index (χ3n) is 6.79. The number of aryl methyl sites for hydroxylation is 1. The van der Waals surface area contributed by atoms with Crippen LogP contribution in [0.1, 0.15) is 61.7 Å². The molecule has 2 aliphatic carbocycles. The van der Waals surface area contributed by atoms with Crippen LogP contribution in [0.15, 0.2) is 30.6 Å². The fourth-order valence-corrected chi connectivity index (χ4v) is 4.38. The smallest absolute Gasteiger partial charge is 0.260 e. The molecule has 10 heteroatoms. The largest absolute Gasteiger partial charge is 0.387 e. The Morgan fingerprint density at radius 2 is 2.00 bits per heavy atom. The van der Waals surface area contributed by atoms with E-state index in [9.17, 15) is 18.7 Å². The van der Waals surface area contributed by atoms with E-state index in [2.05, 4.69) is 15.3 Å². The van der Waals surface area contributed by atoms with Gasteiger partial charge in [-0.05, 0) is 43.9 Å². The van der Waals surface area contributed by atoms with E-state index in [0.29, 0.717) is 29.2 Å². The summed E-state index contributed by atoms with van der Waals surface area (Å²) >= 11 is 0. The minimum atomic E-state index is -2.94. The summed E-state index contributed by atoms with van der Waals surface area (Å²) < 4.78 is 28.3. The molecule has 2 saturated carbocycles. The van der Waals surface area contributed by atoms with Gasteiger partial charge in [0, 0.05) is 47.3 Å². The Bertz CT molecular complexity index is 1500. The van der Waals surface area contributed by atoms with Gasteiger partial charge in [0.05, 0.1) is 17.3 Å². The van der Waals surface area contributed by atoms with Crippen molar-refractivity contribution in [1.29, 1.82) is 0 Å². The zero-order valence-electron chi connectivity index (χ0n) is 19.3. The van der Waals surface area contributed by atoms with E-state index in [1.807, 2.05) is 26.0 Å². The van der Waals surface area contributed by atoms with Crippen molar-refractivity contribution >= 4 is 28.3 Å². The van der Waals surface area contributed by atoms with Crippen LogP contribution in [0, 0.1) is 12.8 Å². The molecular weight excluding hydrogens is 454 g/mol. The summed E-state index contributed by atoms with van der Waals surface area (Å²) in [6.07, 6.45) is 4.92. The quantitative estimate of drug-likeness (QED) is 0.421. The summed E-state index contributed by atoms with van der Waals surface area (Å²) in [6, 6.07) is 5.47. The molecule has 8 nitrogen and oxygen atoms in total. The van der Waals surface area contributed by atoms with E-state index in [-0.39, 0.29) is 5.82 Å². The lowest BCUT2D eigenvalue weighted by Gasteiger charge is -2.13. The fraction of sp³-hybridized carbons (Fsp3) is 0.400. The van der Waals surface area contributed by atoms with E-state index in [1.54, 1.807) is 23.0 Å². The summed E-state index contributed by atoms with van der Waals surface area (Å²) in [5, 5.41) is 18.2. The molecule has 4 aromatic heterocycles. The first-order valence-corrected chi connectivity index (χ1v) is 11.8. The van der Waals surface area contributed by atoms with Crippen LogP contribution in [0.3, 0.4) is 0 Å². The Morgan fingerprint density at radius 3 is 2.66 bits per heavy atom. The van der Waals surface area contributed by atoms with Crippen molar-refractivity contribution in [2.24, 2.45) is 5.92 Å². The lowest BCUT2D eigenvalue weighted by Crippen LogP contribution is -2.18. The number of carbonyl (C=O) groups is 1. The Hall–Kier alpha value is -3.53. The van der Waals surface area contributed by atoms with Gasteiger partial charge in [-0.2, -0.15) is 5.10 Å². The van der Waals surface area contributed by atoms with Gasteiger partial charge >= 0.3 is 0 Å². The van der Waals surface area contributed by atoms with E-state index in [1.165, 1.54) is 0 Å². The summed E-state index contributed by atoms with van der Waals surface area (Å²) in [7, 11) is 0. The molecule has 6 rings (SSSR count). The van der Waals surface area contributed by atoms with Crippen molar-refractivity contribution in [2.75, 3.05) is 5.32 Å². The van der Waals surface area contributed by atoms with Gasteiger partial charge in [0.1, 0.15) is 11.7 Å². The van der Waals surface area contributed by atoms with E-state index in [0.717, 1.165) is 40.7 Å². The Kier molecular flexibility index (Phi) is 4.86. The van der Waals surface area contributed by atoms with Crippen molar-refractivity contribution in [3.63, 3.8) is 0 Å². The standard InChI is InChI=1S/C25H24F2N6O2/c1-3-20(34)18-6-12(2)16(11-28-18)15-7-14-10-29-21(30-24(35)17-9-25(17,26)27)8-19(14)33-23(15)31-22(32-33)13-4-5-13/h6-8,10-11,13,17,20,34H,3-5,9H2,1-2H3,(H,29,30,35)/t17-,20-/m1/s1. The van der Waals surface area contributed by atoms with Crippen LogP contribution in [0.2, 0.25) is 0 Å². The predicted molar refractivity (Wildman–Crippen MR) is 125 cm³/mol. The second-order valence-corrected chi connectivity index (χ2v) is 9.52. The second kappa shape index (κ2) is 7.74. The van der Waals surface area contributed by atoms with Gasteiger partial charge in [-0.25, -0.2) is 23.3 Å². The molecule has 0 aliphatic heterocycles. The molecule has 0 radical (unpaired) electrons. The number of alkyl halides is 2. The highest BCUT2D eigenvalue weighted by molar-refractivity contribution is 5.97. The molecule has 180 valence electrons. The molecule has 4 heterocycles. The summed E-state index contributed by atoms with van der Waals surface area (Å²) in [4.78, 5) is 25.8. The number of aliphatic hydroxyl groups is 1. The van der Waals surface area contributed by atoms with Gasteiger partial charge in [0.15, 0.2) is 11.5 Å². The number of hydrogen-bond donors (Lipinski definition) is 2. The minimum absolute atomic E-state index is 0.193. The Balaban J connectivity index is 1.46. The van der Waals surface area contributed by atoms with Crippen molar-refractivity contribution in [3.05, 3.63) is 47.7 Å². The maximum Gasteiger partial charge on any atom is 0.260 e. The summed E-state index contributed by atoms with van der Waals surface area (Å²) in [5.74, 6) is -3.72. The number of carbonyl (C=O) groups excluding carboxylic acids is 1. The topological polar surface area (TPSA) is 105 Å². The van der Waals surface area contributed by atoms with Crippen LogP contribution in [0.25, 0.3) is 27.7 Å². The number of nitrogens with zero attached hydrogens (tertiary/aromatic N) is 5. The first-order valence-electron chi connectivity index (χ1n) is 11.8. The highest BCUT2D eigenvalue weighted by Gasteiger charge is 2.61. The van der Waals surface area contributed by atoms with E-state index < -0.39 is 30.3 Å². The number of rotatable bonds is 6. The normalized spacial score (nSPS) is 19.7. The highest BCUT2D eigenvalue weighted by atomic mass is 19.3. The maximum atomic E-state index is 13.3. The lowest BCUT2D eigenvalue weighted by atomic mass is 10.0. The molecule has 2 atom stereocenters. The summed E-state index contributed by atoms with van der Waals surface area (Å²) in [5.41, 5.74) is 4.57. The van der Waals surface area contributed by atoms with Gasteiger partial charge in [0.2, 0.25) is 5.91 Å². The average Bonchev–Trinajstić information content (AvgIpc) is 3.74. The van der Waals surface area contributed by atoms with Gasteiger partial charge < -0.3 is 10.4 Å². The lowest BCUT2D eigenvalue weighted by molar-refractivity contribution is -0.119. The molecular formula is C25H24F2N6O2. The van der Waals surface area contributed by atoms with Crippen LogP contribution in [-0.2, 0) is 4.79 Å². The molecule has 2 N–H and O–H groups in total. The zero-order chi connectivity index (χ0) is 24.5. The number of aromatic nitrogens is 5. The van der Waals surface area contributed by atoms with Crippen LogP contribution in [0.4, 0.5) is 14.6 Å². The maximum absolute atomic E-state index is 13.3. The van der Waals surface area contributed by atoms with Crippen molar-refractivity contribution in [1.82, 2.24) is 24.6 Å². The average molecular weight is 479 g/mol. The SMILES string of the molecule is CC[C@@H](O)c1cc(C)c(-c2cc3cnc(NC(=O)[C@H]4CC4(F)F)cc3n3nc(C4CC4)nc23)cn1. The number of nitrogens with one attached hydrogen (secondary N) is 1. The molecule has 0 aromatic carbocycles. The number of aliphatic hydroxyl groups excluding tert-OH is 1. The number of amides is 1. The van der Waals surface area contributed by atoms with Gasteiger partial charge in [-0.3, -0.25) is 9.78 Å². The Labute approximate surface area is 199 Å². The van der Waals surface area contributed by atoms with Gasteiger partial charge in [0.25, 0.3) is 5.92 Å². The Morgan fingerprint density at radius 1 is 1.23 bits per heavy atom. The molecule has 35 heavy (non-hydrogen) atoms. The molecule has 0 unspecified atom stereocenters. The van der Waals surface area contributed by atoms with Crippen LogP contribution in [-0.4, -0.2) is 41.5 Å². The first-order chi connectivity index (χ1) is 16.7. The highest BCUT2D eigenvalue weighted by Crippen LogP contribution is 2.49. The predicted octanol–water partition coefficient (Wildman–Crippen LogP) is 4.56. The minimum Gasteiger partial charge on any atom is -0.387 e. The van der Waals surface area contributed by atoms with Crippen molar-refractivity contribution < 1.29 is 18.7 Å². The number of pyridine rings is 3. The van der Waals surface area contributed by atoms with Gasteiger partial charge in [-0.1, -0.05) is 6.92 Å². The van der Waals surface area contributed by atoms with E-state index in [4.69, 9.17) is 10.1 Å². The number of fused-ring (bicyclic) bond motifs is 3.